The van der Waals surface area contributed by atoms with Crippen molar-refractivity contribution in [2.24, 2.45) is 0 Å². The summed E-state index contributed by atoms with van der Waals surface area (Å²) >= 11 is 0. The maximum Gasteiger partial charge on any atom is 0.203 e. The lowest BCUT2D eigenvalue weighted by Crippen LogP contribution is -3.28. The Morgan fingerprint density at radius 3 is 2.03 bits per heavy atom. The minimum Gasteiger partial charge on any atom is -0.497 e. The third-order valence-corrected chi connectivity index (χ3v) is 5.89. The summed E-state index contributed by atoms with van der Waals surface area (Å²) in [6.07, 6.45) is 0.983. The fourth-order valence-corrected chi connectivity index (χ4v) is 4.28. The van der Waals surface area contributed by atoms with E-state index in [-0.39, 0.29) is 0 Å². The maximum absolute atomic E-state index is 5.48. The van der Waals surface area contributed by atoms with Crippen LogP contribution in [0.15, 0.2) is 36.4 Å². The van der Waals surface area contributed by atoms with Crippen molar-refractivity contribution in [3.8, 4) is 23.0 Å². The molecule has 3 unspecified atom stereocenters. The summed E-state index contributed by atoms with van der Waals surface area (Å²) < 4.78 is 21.7. The molecule has 1 aliphatic rings. The third-order valence-electron chi connectivity index (χ3n) is 5.89. The van der Waals surface area contributed by atoms with Gasteiger partial charge >= 0.3 is 0 Å². The summed E-state index contributed by atoms with van der Waals surface area (Å²) in [5.41, 5.74) is 2.56. The molecule has 0 saturated carbocycles. The third kappa shape index (κ3) is 4.95. The molecular formula is C23H34N2O4+2. The number of hydrogen-bond donors (Lipinski definition) is 2. The van der Waals surface area contributed by atoms with Gasteiger partial charge in [-0.15, -0.1) is 0 Å². The number of rotatable bonds is 8. The van der Waals surface area contributed by atoms with E-state index in [1.54, 1.807) is 38.2 Å². The predicted molar refractivity (Wildman–Crippen MR) is 113 cm³/mol. The largest absolute Gasteiger partial charge is 0.497 e. The van der Waals surface area contributed by atoms with Crippen LogP contribution in [0.1, 0.15) is 12.5 Å². The zero-order valence-electron chi connectivity index (χ0n) is 18.2. The molecule has 1 saturated heterocycles. The van der Waals surface area contributed by atoms with Gasteiger partial charge in [0.2, 0.25) is 5.75 Å². The second kappa shape index (κ2) is 9.85. The molecule has 3 rings (SSSR count). The van der Waals surface area contributed by atoms with Crippen LogP contribution >= 0.6 is 0 Å². The molecular weight excluding hydrogens is 368 g/mol. The molecule has 0 aliphatic carbocycles. The van der Waals surface area contributed by atoms with E-state index in [1.807, 2.05) is 0 Å². The van der Waals surface area contributed by atoms with Crippen LogP contribution in [0.2, 0.25) is 0 Å². The van der Waals surface area contributed by atoms with E-state index < -0.39 is 0 Å². The highest BCUT2D eigenvalue weighted by Crippen LogP contribution is 2.38. The van der Waals surface area contributed by atoms with Crippen molar-refractivity contribution in [3.05, 3.63) is 42.0 Å². The van der Waals surface area contributed by atoms with Crippen molar-refractivity contribution >= 4 is 5.69 Å². The first-order valence-electron chi connectivity index (χ1n) is 10.2. The van der Waals surface area contributed by atoms with E-state index in [2.05, 4.69) is 43.3 Å². The molecule has 0 amide bonds. The Morgan fingerprint density at radius 2 is 1.52 bits per heavy atom. The Morgan fingerprint density at radius 1 is 0.862 bits per heavy atom. The van der Waals surface area contributed by atoms with Crippen LogP contribution in [0, 0.1) is 0 Å². The van der Waals surface area contributed by atoms with E-state index in [0.717, 1.165) is 49.8 Å². The lowest BCUT2D eigenvalue weighted by molar-refractivity contribution is -1.00. The lowest BCUT2D eigenvalue weighted by atomic mass is 10.1. The van der Waals surface area contributed by atoms with Gasteiger partial charge < -0.3 is 23.8 Å². The van der Waals surface area contributed by atoms with Crippen molar-refractivity contribution in [3.63, 3.8) is 0 Å². The van der Waals surface area contributed by atoms with Crippen LogP contribution in [0.25, 0.3) is 0 Å². The van der Waals surface area contributed by atoms with Crippen LogP contribution < -0.4 is 28.7 Å². The fraction of sp³-hybridized carbons (Fsp3) is 0.478. The Labute approximate surface area is 173 Å². The van der Waals surface area contributed by atoms with E-state index in [4.69, 9.17) is 18.9 Å². The molecule has 2 aromatic carbocycles. The van der Waals surface area contributed by atoms with Gasteiger partial charge in [0.05, 0.1) is 35.0 Å². The van der Waals surface area contributed by atoms with Crippen molar-refractivity contribution < 1.29 is 28.7 Å². The number of ether oxygens (including phenoxy) is 4. The molecule has 158 valence electrons. The van der Waals surface area contributed by atoms with E-state index in [1.165, 1.54) is 11.3 Å². The Hall–Kier alpha value is -2.44. The smallest absolute Gasteiger partial charge is 0.203 e. The van der Waals surface area contributed by atoms with Gasteiger partial charge in [0, 0.05) is 18.6 Å². The summed E-state index contributed by atoms with van der Waals surface area (Å²) in [6.45, 7) is 6.90. The summed E-state index contributed by atoms with van der Waals surface area (Å²) in [5.74, 6) is 3.00. The summed E-state index contributed by atoms with van der Waals surface area (Å²) in [4.78, 5) is 3.20. The molecule has 2 aromatic rings. The highest BCUT2D eigenvalue weighted by Gasteiger charge is 2.31. The Kier molecular flexibility index (Phi) is 7.23. The number of methoxy groups -OCH3 is 4. The molecule has 6 nitrogen and oxygen atoms in total. The van der Waals surface area contributed by atoms with Crippen molar-refractivity contribution in [1.29, 1.82) is 0 Å². The zero-order valence-corrected chi connectivity index (χ0v) is 18.2. The van der Waals surface area contributed by atoms with E-state index in [9.17, 15) is 0 Å². The second-order valence-electron chi connectivity index (χ2n) is 7.64. The minimum atomic E-state index is 0.576. The molecule has 0 spiro atoms. The van der Waals surface area contributed by atoms with E-state index in [0.29, 0.717) is 11.8 Å². The van der Waals surface area contributed by atoms with Crippen LogP contribution in [0.4, 0.5) is 5.69 Å². The monoisotopic (exact) mass is 402 g/mol. The van der Waals surface area contributed by atoms with Crippen molar-refractivity contribution in [2.75, 3.05) is 54.6 Å². The first-order valence-corrected chi connectivity index (χ1v) is 10.2. The van der Waals surface area contributed by atoms with Crippen LogP contribution in [-0.2, 0) is 6.42 Å². The van der Waals surface area contributed by atoms with Crippen LogP contribution in [0.5, 0.6) is 23.0 Å². The van der Waals surface area contributed by atoms with Crippen LogP contribution in [0.3, 0.4) is 0 Å². The van der Waals surface area contributed by atoms with Gasteiger partial charge in [-0.1, -0.05) is 0 Å². The number of hydrogen-bond acceptors (Lipinski definition) is 4. The molecule has 1 heterocycles. The lowest BCUT2D eigenvalue weighted by Gasteiger charge is -2.34. The highest BCUT2D eigenvalue weighted by atomic mass is 16.5. The van der Waals surface area contributed by atoms with Crippen molar-refractivity contribution in [1.82, 2.24) is 0 Å². The topological polar surface area (TPSA) is 45.8 Å². The molecule has 0 bridgehead atoms. The quantitative estimate of drug-likeness (QED) is 0.685. The second-order valence-corrected chi connectivity index (χ2v) is 7.64. The molecule has 2 N–H and O–H groups in total. The maximum atomic E-state index is 5.48. The fourth-order valence-electron chi connectivity index (χ4n) is 4.28. The number of quaternary nitrogens is 2. The Bertz CT molecular complexity index is 769. The SMILES string of the molecule is COc1ccc([NH+]2CC[NH+](CCc3cc(OC)c(OC)c(OC)c3)CC2C)cc1. The Balaban J connectivity index is 1.60. The van der Waals surface area contributed by atoms with Gasteiger partial charge in [-0.2, -0.15) is 0 Å². The van der Waals surface area contributed by atoms with E-state index >= 15 is 0 Å². The van der Waals surface area contributed by atoms with Gasteiger partial charge in [-0.05, 0) is 36.8 Å². The average molecular weight is 403 g/mol. The molecule has 29 heavy (non-hydrogen) atoms. The zero-order chi connectivity index (χ0) is 20.8. The van der Waals surface area contributed by atoms with Gasteiger partial charge in [0.15, 0.2) is 11.5 Å². The van der Waals surface area contributed by atoms with Crippen molar-refractivity contribution in [2.45, 2.75) is 19.4 Å². The molecule has 1 fully saturated rings. The molecule has 6 heteroatoms. The average Bonchev–Trinajstić information content (AvgIpc) is 2.77. The molecule has 0 aromatic heterocycles. The normalized spacial score (nSPS) is 21.5. The summed E-state index contributed by atoms with van der Waals surface area (Å²) in [6, 6.07) is 13.2. The molecule has 3 atom stereocenters. The van der Waals surface area contributed by atoms with Gasteiger partial charge in [-0.3, -0.25) is 4.90 Å². The number of piperazine rings is 1. The molecule has 0 radical (unpaired) electrons. The molecule has 1 aliphatic heterocycles. The summed E-state index contributed by atoms with van der Waals surface area (Å²) in [7, 11) is 6.67. The first kappa shape index (κ1) is 21.3. The highest BCUT2D eigenvalue weighted by molar-refractivity contribution is 5.53. The first-order chi connectivity index (χ1) is 14.1. The van der Waals surface area contributed by atoms with Crippen LogP contribution in [-0.4, -0.2) is 60.7 Å². The van der Waals surface area contributed by atoms with Gasteiger partial charge in [0.25, 0.3) is 0 Å². The van der Waals surface area contributed by atoms with Gasteiger partial charge in [-0.25, -0.2) is 0 Å². The number of nitrogens with one attached hydrogen (secondary N) is 2. The minimum absolute atomic E-state index is 0.576. The standard InChI is InChI=1S/C23H32N2O4/c1-17-16-24(12-13-25(17)19-6-8-20(26-2)9-7-19)11-10-18-14-21(27-3)23(29-5)22(15-18)28-4/h6-9,14-15,17H,10-13,16H2,1-5H3/p+2. The summed E-state index contributed by atoms with van der Waals surface area (Å²) in [5, 5.41) is 0. The number of benzene rings is 2. The van der Waals surface area contributed by atoms with Gasteiger partial charge in [0.1, 0.15) is 37.1 Å². The predicted octanol–water partition coefficient (Wildman–Crippen LogP) is 0.767.